The number of ether oxygens (including phenoxy) is 1. The number of hydrogen-bond donors (Lipinski definition) is 2. The summed E-state index contributed by atoms with van der Waals surface area (Å²) in [5.74, 6) is 2.26. The van der Waals surface area contributed by atoms with Crippen LogP contribution in [0.3, 0.4) is 0 Å². The van der Waals surface area contributed by atoms with Crippen molar-refractivity contribution in [2.45, 2.75) is 25.4 Å². The van der Waals surface area contributed by atoms with Crippen molar-refractivity contribution in [2.75, 3.05) is 17.7 Å². The minimum Gasteiger partial charge on any atom is -0.497 e. The average Bonchev–Trinajstić information content (AvgIpc) is 3.51. The van der Waals surface area contributed by atoms with Gasteiger partial charge in [0.25, 0.3) is 0 Å². The van der Waals surface area contributed by atoms with Crippen LogP contribution in [0.4, 0.5) is 11.8 Å². The van der Waals surface area contributed by atoms with Crippen LogP contribution < -0.4 is 15.4 Å². The summed E-state index contributed by atoms with van der Waals surface area (Å²) in [7, 11) is 1.67. The molecule has 1 aliphatic rings. The monoisotopic (exact) mass is 347 g/mol. The molecule has 0 amide bonds. The van der Waals surface area contributed by atoms with E-state index in [-0.39, 0.29) is 0 Å². The summed E-state index contributed by atoms with van der Waals surface area (Å²) in [5, 5.41) is 6.75. The first-order chi connectivity index (χ1) is 12.8. The Kier molecular flexibility index (Phi) is 4.64. The molecule has 0 spiro atoms. The molecule has 3 aromatic rings. The van der Waals surface area contributed by atoms with Gasteiger partial charge in [-0.2, -0.15) is 4.98 Å². The van der Waals surface area contributed by atoms with Crippen molar-refractivity contribution in [3.8, 4) is 17.1 Å². The van der Waals surface area contributed by atoms with Crippen molar-refractivity contribution in [3.05, 3.63) is 60.3 Å². The van der Waals surface area contributed by atoms with Gasteiger partial charge < -0.3 is 15.4 Å². The minimum absolute atomic E-state index is 0.486. The molecule has 0 atom stereocenters. The maximum atomic E-state index is 5.28. The zero-order chi connectivity index (χ0) is 17.8. The highest BCUT2D eigenvalue weighted by Crippen LogP contribution is 2.26. The zero-order valence-corrected chi connectivity index (χ0v) is 14.6. The van der Waals surface area contributed by atoms with E-state index in [1.165, 1.54) is 12.8 Å². The van der Waals surface area contributed by atoms with Crippen LogP contribution in [-0.2, 0) is 6.54 Å². The second-order valence-electron chi connectivity index (χ2n) is 6.30. The molecule has 6 nitrogen and oxygen atoms in total. The molecule has 0 aliphatic heterocycles. The number of pyridine rings is 1. The van der Waals surface area contributed by atoms with Gasteiger partial charge in [0, 0.05) is 24.8 Å². The van der Waals surface area contributed by atoms with Gasteiger partial charge in [0.15, 0.2) is 0 Å². The molecule has 2 aromatic heterocycles. The lowest BCUT2D eigenvalue weighted by Crippen LogP contribution is -2.09. The van der Waals surface area contributed by atoms with Gasteiger partial charge in [-0.1, -0.05) is 18.2 Å². The van der Waals surface area contributed by atoms with E-state index in [1.807, 2.05) is 42.5 Å². The molecule has 0 unspecified atom stereocenters. The van der Waals surface area contributed by atoms with E-state index in [0.29, 0.717) is 18.5 Å². The second kappa shape index (κ2) is 7.39. The third kappa shape index (κ3) is 4.08. The van der Waals surface area contributed by atoms with Crippen molar-refractivity contribution in [3.63, 3.8) is 0 Å². The van der Waals surface area contributed by atoms with Gasteiger partial charge in [-0.15, -0.1) is 0 Å². The van der Waals surface area contributed by atoms with Gasteiger partial charge in [-0.05, 0) is 42.7 Å². The van der Waals surface area contributed by atoms with Crippen molar-refractivity contribution in [2.24, 2.45) is 0 Å². The summed E-state index contributed by atoms with van der Waals surface area (Å²) >= 11 is 0. The fraction of sp³-hybridized carbons (Fsp3) is 0.250. The summed E-state index contributed by atoms with van der Waals surface area (Å²) in [6, 6.07) is 16.2. The molecule has 0 bridgehead atoms. The maximum absolute atomic E-state index is 5.28. The number of nitrogens with one attached hydrogen (secondary N) is 2. The molecular weight excluding hydrogens is 326 g/mol. The van der Waals surface area contributed by atoms with Crippen LogP contribution in [0.5, 0.6) is 5.75 Å². The van der Waals surface area contributed by atoms with Crippen LogP contribution in [0.1, 0.15) is 18.4 Å². The Labute approximate surface area is 152 Å². The van der Waals surface area contributed by atoms with Crippen LogP contribution in [0, 0.1) is 0 Å². The summed E-state index contributed by atoms with van der Waals surface area (Å²) < 4.78 is 5.28. The predicted octanol–water partition coefficient (Wildman–Crippen LogP) is 3.73. The molecule has 6 heteroatoms. The van der Waals surface area contributed by atoms with Crippen LogP contribution in [0.2, 0.25) is 0 Å². The molecule has 132 valence electrons. The summed E-state index contributed by atoms with van der Waals surface area (Å²) in [6.07, 6.45) is 4.11. The molecule has 1 aromatic carbocycles. The van der Waals surface area contributed by atoms with Gasteiger partial charge in [0.05, 0.1) is 18.5 Å². The summed E-state index contributed by atoms with van der Waals surface area (Å²) in [5.41, 5.74) is 2.76. The summed E-state index contributed by atoms with van der Waals surface area (Å²) in [4.78, 5) is 13.6. The van der Waals surface area contributed by atoms with E-state index in [9.17, 15) is 0 Å². The average molecular weight is 347 g/mol. The molecular formula is C20H21N5O. The lowest BCUT2D eigenvalue weighted by atomic mass is 10.2. The first-order valence-corrected chi connectivity index (χ1v) is 8.74. The first-order valence-electron chi connectivity index (χ1n) is 8.74. The topological polar surface area (TPSA) is 72.0 Å². The largest absolute Gasteiger partial charge is 0.497 e. The van der Waals surface area contributed by atoms with Gasteiger partial charge in [-0.3, -0.25) is 4.98 Å². The van der Waals surface area contributed by atoms with Gasteiger partial charge in [0.2, 0.25) is 5.95 Å². The molecule has 1 saturated carbocycles. The molecule has 1 aliphatic carbocycles. The van der Waals surface area contributed by atoms with E-state index < -0.39 is 0 Å². The highest BCUT2D eigenvalue weighted by atomic mass is 16.5. The van der Waals surface area contributed by atoms with E-state index >= 15 is 0 Å². The van der Waals surface area contributed by atoms with Gasteiger partial charge >= 0.3 is 0 Å². The fourth-order valence-corrected chi connectivity index (χ4v) is 2.63. The number of rotatable bonds is 7. The SMILES string of the molecule is COc1cccc(CNc2cc(-c3ccccn3)nc(NC3CC3)n2)c1. The molecule has 2 N–H and O–H groups in total. The molecule has 2 heterocycles. The number of anilines is 2. The van der Waals surface area contributed by atoms with Crippen molar-refractivity contribution in [1.29, 1.82) is 0 Å². The first kappa shape index (κ1) is 16.3. The Morgan fingerprint density at radius 2 is 1.96 bits per heavy atom. The lowest BCUT2D eigenvalue weighted by Gasteiger charge is -2.11. The van der Waals surface area contributed by atoms with Crippen molar-refractivity contribution >= 4 is 11.8 Å². The zero-order valence-electron chi connectivity index (χ0n) is 14.6. The highest BCUT2D eigenvalue weighted by Gasteiger charge is 2.22. The van der Waals surface area contributed by atoms with E-state index in [4.69, 9.17) is 4.74 Å². The summed E-state index contributed by atoms with van der Waals surface area (Å²) in [6.45, 7) is 0.652. The third-order valence-electron chi connectivity index (χ3n) is 4.17. The Hall–Kier alpha value is -3.15. The Bertz CT molecular complexity index is 880. The van der Waals surface area contributed by atoms with E-state index in [2.05, 4.69) is 31.7 Å². The van der Waals surface area contributed by atoms with Crippen molar-refractivity contribution in [1.82, 2.24) is 15.0 Å². The normalized spacial score (nSPS) is 13.3. The molecule has 26 heavy (non-hydrogen) atoms. The molecule has 4 rings (SSSR count). The standard InChI is InChI=1S/C20H21N5O/c1-26-16-6-4-5-14(11-16)13-22-19-12-18(17-7-2-3-10-21-17)24-20(25-19)23-15-8-9-15/h2-7,10-12,15H,8-9,13H2,1H3,(H2,22,23,24,25). The quantitative estimate of drug-likeness (QED) is 0.678. The van der Waals surface area contributed by atoms with Gasteiger partial charge in [-0.25, -0.2) is 4.98 Å². The minimum atomic E-state index is 0.486. The number of benzene rings is 1. The molecule has 0 saturated heterocycles. The second-order valence-corrected chi connectivity index (χ2v) is 6.30. The lowest BCUT2D eigenvalue weighted by molar-refractivity contribution is 0.414. The van der Waals surface area contributed by atoms with Crippen LogP contribution >= 0.6 is 0 Å². The maximum Gasteiger partial charge on any atom is 0.225 e. The molecule has 0 radical (unpaired) electrons. The molecule has 1 fully saturated rings. The Balaban J connectivity index is 1.57. The highest BCUT2D eigenvalue weighted by molar-refractivity contribution is 5.61. The number of aromatic nitrogens is 3. The number of hydrogen-bond acceptors (Lipinski definition) is 6. The number of methoxy groups -OCH3 is 1. The fourth-order valence-electron chi connectivity index (χ4n) is 2.63. The predicted molar refractivity (Wildman–Crippen MR) is 102 cm³/mol. The van der Waals surface area contributed by atoms with Gasteiger partial charge in [0.1, 0.15) is 11.6 Å². The Morgan fingerprint density at radius 1 is 1.04 bits per heavy atom. The van der Waals surface area contributed by atoms with E-state index in [0.717, 1.165) is 28.5 Å². The Morgan fingerprint density at radius 3 is 2.73 bits per heavy atom. The van der Waals surface area contributed by atoms with Crippen LogP contribution in [0.15, 0.2) is 54.7 Å². The van der Waals surface area contributed by atoms with Crippen LogP contribution in [-0.4, -0.2) is 28.1 Å². The third-order valence-corrected chi connectivity index (χ3v) is 4.17. The van der Waals surface area contributed by atoms with E-state index in [1.54, 1.807) is 13.3 Å². The van der Waals surface area contributed by atoms with Crippen molar-refractivity contribution < 1.29 is 4.74 Å². The van der Waals surface area contributed by atoms with Crippen LogP contribution in [0.25, 0.3) is 11.4 Å². The number of nitrogens with zero attached hydrogens (tertiary/aromatic N) is 3. The smallest absolute Gasteiger partial charge is 0.225 e.